The number of carbonyl (C=O) groups excluding carboxylic acids is 1. The Morgan fingerprint density at radius 1 is 1.32 bits per heavy atom. The molecule has 4 nitrogen and oxygen atoms in total. The SMILES string of the molecule is Cc1cnc2[nH]cc(C(=O)c3cccc(N)c3)c2c1. The molecule has 0 aliphatic heterocycles. The van der Waals surface area contributed by atoms with Crippen LogP contribution < -0.4 is 5.73 Å². The maximum atomic E-state index is 12.5. The van der Waals surface area contributed by atoms with Crippen molar-refractivity contribution in [3.8, 4) is 0 Å². The van der Waals surface area contributed by atoms with Gasteiger partial charge in [0.25, 0.3) is 0 Å². The standard InChI is InChI=1S/C15H13N3O/c1-9-5-12-13(8-18-15(12)17-7-9)14(19)10-3-2-4-11(16)6-10/h2-8H,16H2,1H3,(H,17,18). The molecule has 2 aromatic heterocycles. The quantitative estimate of drug-likeness (QED) is 0.543. The van der Waals surface area contributed by atoms with Gasteiger partial charge in [-0.2, -0.15) is 0 Å². The Kier molecular flexibility index (Phi) is 2.56. The van der Waals surface area contributed by atoms with E-state index in [2.05, 4.69) is 9.97 Å². The van der Waals surface area contributed by atoms with Gasteiger partial charge in [0, 0.05) is 34.6 Å². The number of hydrogen-bond acceptors (Lipinski definition) is 3. The molecular formula is C15H13N3O. The van der Waals surface area contributed by atoms with Crippen LogP contribution in [0, 0.1) is 6.92 Å². The van der Waals surface area contributed by atoms with Crippen molar-refractivity contribution in [3.63, 3.8) is 0 Å². The number of H-pyrrole nitrogens is 1. The normalized spacial score (nSPS) is 10.8. The predicted octanol–water partition coefficient (Wildman–Crippen LogP) is 2.68. The molecule has 0 amide bonds. The van der Waals surface area contributed by atoms with E-state index < -0.39 is 0 Å². The zero-order valence-corrected chi connectivity index (χ0v) is 10.5. The molecule has 4 heteroatoms. The van der Waals surface area contributed by atoms with Gasteiger partial charge >= 0.3 is 0 Å². The van der Waals surface area contributed by atoms with Crippen molar-refractivity contribution in [2.24, 2.45) is 0 Å². The van der Waals surface area contributed by atoms with E-state index in [1.807, 2.05) is 13.0 Å². The fraction of sp³-hybridized carbons (Fsp3) is 0.0667. The summed E-state index contributed by atoms with van der Waals surface area (Å²) in [6, 6.07) is 8.95. The van der Waals surface area contributed by atoms with Gasteiger partial charge in [0.2, 0.25) is 0 Å². The summed E-state index contributed by atoms with van der Waals surface area (Å²) in [5.41, 5.74) is 9.25. The molecule has 19 heavy (non-hydrogen) atoms. The maximum absolute atomic E-state index is 12.5. The van der Waals surface area contributed by atoms with Crippen LogP contribution in [0.4, 0.5) is 5.69 Å². The first-order valence-corrected chi connectivity index (χ1v) is 5.99. The molecule has 0 spiro atoms. The van der Waals surface area contributed by atoms with Crippen molar-refractivity contribution >= 4 is 22.5 Å². The van der Waals surface area contributed by atoms with Crippen molar-refractivity contribution in [1.29, 1.82) is 0 Å². The number of nitrogen functional groups attached to an aromatic ring is 1. The monoisotopic (exact) mass is 251 g/mol. The number of pyridine rings is 1. The van der Waals surface area contributed by atoms with Gasteiger partial charge < -0.3 is 10.7 Å². The number of aromatic amines is 1. The Morgan fingerprint density at radius 3 is 2.95 bits per heavy atom. The molecule has 0 aliphatic rings. The number of rotatable bonds is 2. The summed E-state index contributed by atoms with van der Waals surface area (Å²) in [5, 5.41) is 0.840. The first-order chi connectivity index (χ1) is 9.15. The molecular weight excluding hydrogens is 238 g/mol. The summed E-state index contributed by atoms with van der Waals surface area (Å²) < 4.78 is 0. The average Bonchev–Trinajstić information content (AvgIpc) is 2.80. The molecule has 0 saturated carbocycles. The molecule has 2 heterocycles. The van der Waals surface area contributed by atoms with Crippen LogP contribution in [0.25, 0.3) is 11.0 Å². The van der Waals surface area contributed by atoms with Crippen LogP contribution >= 0.6 is 0 Å². The number of fused-ring (bicyclic) bond motifs is 1. The number of carbonyl (C=O) groups is 1. The van der Waals surface area contributed by atoms with Crippen LogP contribution in [0.5, 0.6) is 0 Å². The minimum atomic E-state index is -0.0500. The number of benzene rings is 1. The predicted molar refractivity (Wildman–Crippen MR) is 75.1 cm³/mol. The Morgan fingerprint density at radius 2 is 2.16 bits per heavy atom. The van der Waals surface area contributed by atoms with E-state index in [1.54, 1.807) is 36.7 Å². The first kappa shape index (κ1) is 11.5. The van der Waals surface area contributed by atoms with Gasteiger partial charge in [-0.25, -0.2) is 4.98 Å². The molecule has 3 aromatic rings. The second-order valence-corrected chi connectivity index (χ2v) is 4.57. The van der Waals surface area contributed by atoms with E-state index in [4.69, 9.17) is 5.73 Å². The minimum Gasteiger partial charge on any atom is -0.399 e. The lowest BCUT2D eigenvalue weighted by atomic mass is 10.0. The van der Waals surface area contributed by atoms with E-state index in [0.29, 0.717) is 16.8 Å². The van der Waals surface area contributed by atoms with Crippen LogP contribution in [0.15, 0.2) is 42.7 Å². The number of hydrogen-bond donors (Lipinski definition) is 2. The highest BCUT2D eigenvalue weighted by molar-refractivity contribution is 6.16. The van der Waals surface area contributed by atoms with E-state index in [9.17, 15) is 4.79 Å². The van der Waals surface area contributed by atoms with Crippen molar-refractivity contribution < 1.29 is 4.79 Å². The third kappa shape index (κ3) is 1.97. The van der Waals surface area contributed by atoms with Crippen molar-refractivity contribution in [2.45, 2.75) is 6.92 Å². The largest absolute Gasteiger partial charge is 0.399 e. The number of aryl methyl sites for hydroxylation is 1. The molecule has 0 unspecified atom stereocenters. The fourth-order valence-corrected chi connectivity index (χ4v) is 2.13. The minimum absolute atomic E-state index is 0.0500. The lowest BCUT2D eigenvalue weighted by Crippen LogP contribution is -2.01. The van der Waals surface area contributed by atoms with E-state index in [0.717, 1.165) is 16.6 Å². The summed E-state index contributed by atoms with van der Waals surface area (Å²) in [6.07, 6.45) is 3.47. The number of nitrogens with zero attached hydrogens (tertiary/aromatic N) is 1. The van der Waals surface area contributed by atoms with Crippen LogP contribution in [0.1, 0.15) is 21.5 Å². The molecule has 0 atom stereocenters. The van der Waals surface area contributed by atoms with Crippen LogP contribution in [0.3, 0.4) is 0 Å². The number of ketones is 1. The highest BCUT2D eigenvalue weighted by Crippen LogP contribution is 2.21. The second-order valence-electron chi connectivity index (χ2n) is 4.57. The summed E-state index contributed by atoms with van der Waals surface area (Å²) in [6.45, 7) is 1.95. The number of aromatic nitrogens is 2. The molecule has 0 bridgehead atoms. The van der Waals surface area contributed by atoms with Crippen molar-refractivity contribution in [2.75, 3.05) is 5.73 Å². The third-order valence-electron chi connectivity index (χ3n) is 3.06. The third-order valence-corrected chi connectivity index (χ3v) is 3.06. The topological polar surface area (TPSA) is 71.8 Å². The Balaban J connectivity index is 2.14. The van der Waals surface area contributed by atoms with Gasteiger partial charge in [0.15, 0.2) is 5.78 Å². The van der Waals surface area contributed by atoms with Crippen LogP contribution in [-0.2, 0) is 0 Å². The number of nitrogens with one attached hydrogen (secondary N) is 1. The zero-order chi connectivity index (χ0) is 13.4. The van der Waals surface area contributed by atoms with E-state index >= 15 is 0 Å². The van der Waals surface area contributed by atoms with Gasteiger partial charge in [0.1, 0.15) is 5.65 Å². The molecule has 3 rings (SSSR count). The van der Waals surface area contributed by atoms with Crippen LogP contribution in [0.2, 0.25) is 0 Å². The molecule has 0 saturated heterocycles. The smallest absolute Gasteiger partial charge is 0.195 e. The molecule has 0 fully saturated rings. The molecule has 1 aromatic carbocycles. The van der Waals surface area contributed by atoms with E-state index in [1.165, 1.54) is 0 Å². The zero-order valence-electron chi connectivity index (χ0n) is 10.5. The highest BCUT2D eigenvalue weighted by atomic mass is 16.1. The fourth-order valence-electron chi connectivity index (χ4n) is 2.13. The second kappa shape index (κ2) is 4.24. The van der Waals surface area contributed by atoms with Gasteiger partial charge in [-0.15, -0.1) is 0 Å². The Labute approximate surface area is 110 Å². The number of anilines is 1. The highest BCUT2D eigenvalue weighted by Gasteiger charge is 2.14. The maximum Gasteiger partial charge on any atom is 0.195 e. The van der Waals surface area contributed by atoms with Crippen molar-refractivity contribution in [3.05, 3.63) is 59.4 Å². The summed E-state index contributed by atoms with van der Waals surface area (Å²) in [5.74, 6) is -0.0500. The van der Waals surface area contributed by atoms with Gasteiger partial charge in [-0.1, -0.05) is 12.1 Å². The van der Waals surface area contributed by atoms with Crippen molar-refractivity contribution in [1.82, 2.24) is 9.97 Å². The Hall–Kier alpha value is -2.62. The van der Waals surface area contributed by atoms with Gasteiger partial charge in [-0.3, -0.25) is 4.79 Å². The summed E-state index contributed by atoms with van der Waals surface area (Å²) >= 11 is 0. The Bertz CT molecular complexity index is 774. The van der Waals surface area contributed by atoms with Crippen LogP contribution in [-0.4, -0.2) is 15.8 Å². The molecule has 94 valence electrons. The van der Waals surface area contributed by atoms with Gasteiger partial charge in [0.05, 0.1) is 0 Å². The summed E-state index contributed by atoms with van der Waals surface area (Å²) in [4.78, 5) is 19.8. The molecule has 0 radical (unpaired) electrons. The lowest BCUT2D eigenvalue weighted by Gasteiger charge is -2.01. The summed E-state index contributed by atoms with van der Waals surface area (Å²) in [7, 11) is 0. The van der Waals surface area contributed by atoms with E-state index in [-0.39, 0.29) is 5.78 Å². The number of nitrogens with two attached hydrogens (primary N) is 1. The molecule has 3 N–H and O–H groups in total. The average molecular weight is 251 g/mol. The van der Waals surface area contributed by atoms with Gasteiger partial charge in [-0.05, 0) is 30.7 Å². The molecule has 0 aliphatic carbocycles. The lowest BCUT2D eigenvalue weighted by molar-refractivity contribution is 0.104. The first-order valence-electron chi connectivity index (χ1n) is 5.99.